The van der Waals surface area contributed by atoms with E-state index < -0.39 is 33.7 Å². The highest BCUT2D eigenvalue weighted by Gasteiger charge is 2.37. The van der Waals surface area contributed by atoms with Crippen LogP contribution in [0.25, 0.3) is 0 Å². The molecule has 0 aliphatic heterocycles. The SMILES string of the molecule is Cn1nc(C(F)(F)F)nc1NC(=O)c1cncc(S(C)(=O)=O)c1.O=CO. The fourth-order valence-corrected chi connectivity index (χ4v) is 2.13. The lowest BCUT2D eigenvalue weighted by molar-refractivity contribution is -0.144. The van der Waals surface area contributed by atoms with Gasteiger partial charge in [0.1, 0.15) is 0 Å². The molecule has 0 unspecified atom stereocenters. The van der Waals surface area contributed by atoms with Gasteiger partial charge in [-0.3, -0.25) is 19.9 Å². The van der Waals surface area contributed by atoms with Crippen LogP contribution in [-0.4, -0.2) is 51.9 Å². The Morgan fingerprint density at radius 2 is 1.92 bits per heavy atom. The number of halogens is 3. The van der Waals surface area contributed by atoms with Crippen LogP contribution < -0.4 is 5.32 Å². The van der Waals surface area contributed by atoms with Crippen molar-refractivity contribution in [2.24, 2.45) is 7.05 Å². The van der Waals surface area contributed by atoms with E-state index >= 15 is 0 Å². The third kappa shape index (κ3) is 5.51. The summed E-state index contributed by atoms with van der Waals surface area (Å²) in [4.78, 5) is 27.0. The molecule has 0 aliphatic carbocycles. The van der Waals surface area contributed by atoms with E-state index in [1.54, 1.807) is 0 Å². The van der Waals surface area contributed by atoms with Crippen molar-refractivity contribution in [3.05, 3.63) is 29.8 Å². The zero-order chi connectivity index (χ0) is 20.1. The Kier molecular flexibility index (Phi) is 6.39. The second-order valence-corrected chi connectivity index (χ2v) is 6.64. The van der Waals surface area contributed by atoms with Crippen molar-refractivity contribution in [1.82, 2.24) is 19.7 Å². The predicted molar refractivity (Wildman–Crippen MR) is 80.0 cm³/mol. The largest absolute Gasteiger partial charge is 0.483 e. The summed E-state index contributed by atoms with van der Waals surface area (Å²) in [5.41, 5.74) is -0.149. The van der Waals surface area contributed by atoms with Crippen molar-refractivity contribution < 1.29 is 36.3 Å². The lowest BCUT2D eigenvalue weighted by Crippen LogP contribution is -2.16. The summed E-state index contributed by atoms with van der Waals surface area (Å²) in [7, 11) is -2.41. The summed E-state index contributed by atoms with van der Waals surface area (Å²) in [6, 6.07) is 1.05. The molecule has 14 heteroatoms. The molecular weight excluding hydrogens is 383 g/mol. The minimum absolute atomic E-state index is 0.149. The van der Waals surface area contributed by atoms with E-state index in [1.165, 1.54) is 7.05 Å². The molecular formula is C12H12F3N5O5S. The second-order valence-electron chi connectivity index (χ2n) is 4.62. The maximum Gasteiger partial charge on any atom is 0.453 e. The number of nitrogens with one attached hydrogen (secondary N) is 1. The van der Waals surface area contributed by atoms with Crippen molar-refractivity contribution in [1.29, 1.82) is 0 Å². The standard InChI is InChI=1S/C11H10F3N5O3S.CH2O2/c1-19-10(17-9(18-19)11(12,13)14)16-8(20)6-3-7(5-15-4-6)23(2,21)22;2-1-3/h3-5H,1-2H3,(H,16,17,18,20);1H,(H,2,3). The Morgan fingerprint density at radius 3 is 2.38 bits per heavy atom. The fourth-order valence-electron chi connectivity index (χ4n) is 1.53. The number of sulfone groups is 1. The van der Waals surface area contributed by atoms with E-state index in [0.717, 1.165) is 29.4 Å². The molecule has 0 spiro atoms. The van der Waals surface area contributed by atoms with Gasteiger partial charge in [0.15, 0.2) is 9.84 Å². The molecule has 0 fully saturated rings. The minimum atomic E-state index is -4.75. The van der Waals surface area contributed by atoms with Crippen LogP contribution in [0.15, 0.2) is 23.4 Å². The molecule has 1 amide bonds. The third-order valence-electron chi connectivity index (χ3n) is 2.65. The summed E-state index contributed by atoms with van der Waals surface area (Å²) >= 11 is 0. The van der Waals surface area contributed by atoms with Gasteiger partial charge in [-0.25, -0.2) is 13.1 Å². The summed E-state index contributed by atoms with van der Waals surface area (Å²) in [6.07, 6.45) is -1.69. The first kappa shape index (κ1) is 21.0. The number of amides is 1. The smallest absolute Gasteiger partial charge is 0.453 e. The molecule has 10 nitrogen and oxygen atoms in total. The van der Waals surface area contributed by atoms with E-state index in [-0.39, 0.29) is 16.9 Å². The van der Waals surface area contributed by atoms with E-state index in [2.05, 4.69) is 20.4 Å². The number of aromatic nitrogens is 4. The normalized spacial score (nSPS) is 11.3. The van der Waals surface area contributed by atoms with Gasteiger partial charge in [0.2, 0.25) is 5.95 Å². The molecule has 142 valence electrons. The average molecular weight is 395 g/mol. The number of carbonyl (C=O) groups is 2. The zero-order valence-electron chi connectivity index (χ0n) is 13.2. The third-order valence-corrected chi connectivity index (χ3v) is 3.72. The van der Waals surface area contributed by atoms with Crippen molar-refractivity contribution in [3.8, 4) is 0 Å². The highest BCUT2D eigenvalue weighted by molar-refractivity contribution is 7.90. The van der Waals surface area contributed by atoms with Gasteiger partial charge in [0.25, 0.3) is 18.2 Å². The molecule has 2 heterocycles. The van der Waals surface area contributed by atoms with E-state index in [0.29, 0.717) is 0 Å². The van der Waals surface area contributed by atoms with E-state index in [4.69, 9.17) is 9.90 Å². The predicted octanol–water partition coefficient (Wildman–Crippen LogP) is 0.586. The van der Waals surface area contributed by atoms with Crippen LogP contribution in [0.3, 0.4) is 0 Å². The Morgan fingerprint density at radius 1 is 1.35 bits per heavy atom. The molecule has 2 rings (SSSR count). The van der Waals surface area contributed by atoms with Gasteiger partial charge in [-0.05, 0) is 6.07 Å². The van der Waals surface area contributed by atoms with Crippen LogP contribution in [0.4, 0.5) is 19.1 Å². The Bertz CT molecular complexity index is 910. The minimum Gasteiger partial charge on any atom is -0.483 e. The van der Waals surface area contributed by atoms with Gasteiger partial charge in [-0.15, -0.1) is 5.10 Å². The zero-order valence-corrected chi connectivity index (χ0v) is 14.0. The first-order valence-corrected chi connectivity index (χ1v) is 8.31. The van der Waals surface area contributed by atoms with Gasteiger partial charge in [-0.2, -0.15) is 18.2 Å². The van der Waals surface area contributed by atoms with Crippen molar-refractivity contribution in [3.63, 3.8) is 0 Å². The molecule has 0 aromatic carbocycles. The Labute approximate surface area is 144 Å². The first-order chi connectivity index (χ1) is 11.9. The summed E-state index contributed by atoms with van der Waals surface area (Å²) in [5, 5.41) is 12.1. The van der Waals surface area contributed by atoms with Gasteiger partial charge >= 0.3 is 6.18 Å². The average Bonchev–Trinajstić information content (AvgIpc) is 2.88. The van der Waals surface area contributed by atoms with E-state index in [1.807, 2.05) is 0 Å². The number of carboxylic acid groups (broad SMARTS) is 1. The van der Waals surface area contributed by atoms with Crippen LogP contribution >= 0.6 is 0 Å². The highest BCUT2D eigenvalue weighted by atomic mass is 32.2. The molecule has 0 aliphatic rings. The fraction of sp³-hybridized carbons (Fsp3) is 0.250. The molecule has 0 bridgehead atoms. The number of anilines is 1. The van der Waals surface area contributed by atoms with Crippen LogP contribution in [0.1, 0.15) is 16.2 Å². The molecule has 0 saturated carbocycles. The molecule has 26 heavy (non-hydrogen) atoms. The summed E-state index contributed by atoms with van der Waals surface area (Å²) in [5.74, 6) is -2.71. The summed E-state index contributed by atoms with van der Waals surface area (Å²) < 4.78 is 61.1. The first-order valence-electron chi connectivity index (χ1n) is 6.42. The molecule has 2 N–H and O–H groups in total. The van der Waals surface area contributed by atoms with E-state index in [9.17, 15) is 26.4 Å². The number of alkyl halides is 3. The van der Waals surface area contributed by atoms with Crippen LogP contribution in [0.2, 0.25) is 0 Å². The highest BCUT2D eigenvalue weighted by Crippen LogP contribution is 2.27. The lowest BCUT2D eigenvalue weighted by Gasteiger charge is -2.04. The Balaban J connectivity index is 0.00000105. The number of hydrogen-bond donors (Lipinski definition) is 2. The van der Waals surface area contributed by atoms with Gasteiger partial charge in [-0.1, -0.05) is 0 Å². The lowest BCUT2D eigenvalue weighted by atomic mass is 10.3. The monoisotopic (exact) mass is 395 g/mol. The summed E-state index contributed by atoms with van der Waals surface area (Å²) in [6.45, 7) is -0.250. The van der Waals surface area contributed by atoms with Crippen molar-refractivity contribution >= 4 is 28.2 Å². The molecule has 2 aromatic heterocycles. The Hall–Kier alpha value is -3.03. The van der Waals surface area contributed by atoms with Gasteiger partial charge in [0, 0.05) is 25.7 Å². The molecule has 0 saturated heterocycles. The maximum atomic E-state index is 12.5. The number of aryl methyl sites for hydroxylation is 1. The van der Waals surface area contributed by atoms with Gasteiger partial charge in [0.05, 0.1) is 10.5 Å². The molecule has 2 aromatic rings. The van der Waals surface area contributed by atoms with Crippen LogP contribution in [0.5, 0.6) is 0 Å². The number of hydrogen-bond acceptors (Lipinski definition) is 7. The van der Waals surface area contributed by atoms with Crippen LogP contribution in [0, 0.1) is 0 Å². The maximum absolute atomic E-state index is 12.5. The number of carbonyl (C=O) groups excluding carboxylic acids is 1. The number of rotatable bonds is 3. The second kappa shape index (κ2) is 7.90. The van der Waals surface area contributed by atoms with Crippen molar-refractivity contribution in [2.75, 3.05) is 11.6 Å². The quantitative estimate of drug-likeness (QED) is 0.719. The van der Waals surface area contributed by atoms with Crippen molar-refractivity contribution in [2.45, 2.75) is 11.1 Å². The molecule has 0 atom stereocenters. The number of pyridine rings is 1. The van der Waals surface area contributed by atoms with Gasteiger partial charge < -0.3 is 5.11 Å². The topological polar surface area (TPSA) is 144 Å². The number of nitrogens with zero attached hydrogens (tertiary/aromatic N) is 4. The molecule has 0 radical (unpaired) electrons. The van der Waals surface area contributed by atoms with Crippen LogP contribution in [-0.2, 0) is 27.9 Å².